The molecule has 1 aliphatic heterocycles. The highest BCUT2D eigenvalue weighted by molar-refractivity contribution is 5.43. The fourth-order valence-electron chi connectivity index (χ4n) is 2.82. The van der Waals surface area contributed by atoms with Crippen LogP contribution in [0.4, 0.5) is 5.95 Å². The molecule has 3 rings (SSSR count). The van der Waals surface area contributed by atoms with Crippen molar-refractivity contribution < 1.29 is 19.3 Å². The van der Waals surface area contributed by atoms with Gasteiger partial charge in [0.2, 0.25) is 11.8 Å². The van der Waals surface area contributed by atoms with Crippen LogP contribution in [-0.4, -0.2) is 49.0 Å². The number of rotatable bonds is 6. The Morgan fingerprint density at radius 1 is 1.08 bits per heavy atom. The molecule has 7 nitrogen and oxygen atoms in total. The van der Waals surface area contributed by atoms with E-state index in [-0.39, 0.29) is 6.61 Å². The third-order valence-electron chi connectivity index (χ3n) is 4.32. The van der Waals surface area contributed by atoms with E-state index in [0.717, 1.165) is 25.9 Å². The van der Waals surface area contributed by atoms with Crippen LogP contribution in [0.3, 0.4) is 0 Å². The van der Waals surface area contributed by atoms with Gasteiger partial charge in [0.05, 0.1) is 14.2 Å². The Kier molecular flexibility index (Phi) is 5.55. The zero-order valence-electron chi connectivity index (χ0n) is 14.5. The van der Waals surface area contributed by atoms with Gasteiger partial charge in [-0.15, -0.1) is 0 Å². The first-order valence-electron chi connectivity index (χ1n) is 8.31. The Labute approximate surface area is 147 Å². The van der Waals surface area contributed by atoms with E-state index in [4.69, 9.17) is 14.2 Å². The van der Waals surface area contributed by atoms with E-state index < -0.39 is 0 Å². The first-order chi connectivity index (χ1) is 12.2. The third kappa shape index (κ3) is 4.30. The molecule has 0 bridgehead atoms. The van der Waals surface area contributed by atoms with Crippen molar-refractivity contribution in [2.24, 2.45) is 5.92 Å². The Bertz CT molecular complexity index is 680. The summed E-state index contributed by atoms with van der Waals surface area (Å²) in [5.74, 6) is 3.36. The Hall–Kier alpha value is -2.54. The van der Waals surface area contributed by atoms with Gasteiger partial charge in [0.15, 0.2) is 0 Å². The maximum Gasteiger partial charge on any atom is 0.228 e. The van der Waals surface area contributed by atoms with Crippen LogP contribution in [-0.2, 0) is 0 Å². The summed E-state index contributed by atoms with van der Waals surface area (Å²) in [6, 6.07) is 7.05. The molecule has 0 spiro atoms. The van der Waals surface area contributed by atoms with Crippen LogP contribution in [0.25, 0.3) is 0 Å². The SMILES string of the molecule is COc1cc(OC)cc(Oc2ccnc(N3CCC(CO)CC3)n2)c1. The van der Waals surface area contributed by atoms with Crippen molar-refractivity contribution in [3.05, 3.63) is 30.5 Å². The molecule has 0 amide bonds. The van der Waals surface area contributed by atoms with Gasteiger partial charge in [-0.25, -0.2) is 4.98 Å². The average molecular weight is 345 g/mol. The van der Waals surface area contributed by atoms with Gasteiger partial charge >= 0.3 is 0 Å². The van der Waals surface area contributed by atoms with Crippen molar-refractivity contribution in [3.8, 4) is 23.1 Å². The average Bonchev–Trinajstić information content (AvgIpc) is 2.68. The fraction of sp³-hybridized carbons (Fsp3) is 0.444. The third-order valence-corrected chi connectivity index (χ3v) is 4.32. The fourth-order valence-corrected chi connectivity index (χ4v) is 2.82. The maximum absolute atomic E-state index is 9.25. The van der Waals surface area contributed by atoms with Crippen molar-refractivity contribution >= 4 is 5.95 Å². The lowest BCUT2D eigenvalue weighted by atomic mass is 9.98. The van der Waals surface area contributed by atoms with Crippen LogP contribution in [0.1, 0.15) is 12.8 Å². The molecule has 0 saturated carbocycles. The number of methoxy groups -OCH3 is 2. The monoisotopic (exact) mass is 345 g/mol. The summed E-state index contributed by atoms with van der Waals surface area (Å²) in [5.41, 5.74) is 0. The van der Waals surface area contributed by atoms with E-state index in [1.54, 1.807) is 44.7 Å². The molecule has 25 heavy (non-hydrogen) atoms. The van der Waals surface area contributed by atoms with E-state index in [1.807, 2.05) is 0 Å². The lowest BCUT2D eigenvalue weighted by Gasteiger charge is -2.31. The van der Waals surface area contributed by atoms with Gasteiger partial charge in [-0.2, -0.15) is 4.98 Å². The van der Waals surface area contributed by atoms with Crippen LogP contribution in [0.5, 0.6) is 23.1 Å². The van der Waals surface area contributed by atoms with Crippen LogP contribution < -0.4 is 19.1 Å². The summed E-state index contributed by atoms with van der Waals surface area (Å²) in [6.45, 7) is 1.92. The first-order valence-corrected chi connectivity index (χ1v) is 8.31. The lowest BCUT2D eigenvalue weighted by Crippen LogP contribution is -2.35. The molecule has 1 fully saturated rings. The molecule has 1 aromatic heterocycles. The second-order valence-electron chi connectivity index (χ2n) is 5.96. The minimum atomic E-state index is 0.246. The van der Waals surface area contributed by atoms with Crippen molar-refractivity contribution in [1.29, 1.82) is 0 Å². The molecular formula is C18H23N3O4. The molecule has 7 heteroatoms. The highest BCUT2D eigenvalue weighted by Gasteiger charge is 2.20. The van der Waals surface area contributed by atoms with Crippen molar-refractivity contribution in [2.45, 2.75) is 12.8 Å². The Morgan fingerprint density at radius 2 is 1.72 bits per heavy atom. The van der Waals surface area contributed by atoms with Gasteiger partial charge in [0.1, 0.15) is 17.2 Å². The molecule has 2 heterocycles. The number of aliphatic hydroxyl groups excluding tert-OH is 1. The van der Waals surface area contributed by atoms with Gasteiger partial charge in [0, 0.05) is 50.2 Å². The topological polar surface area (TPSA) is 76.9 Å². The predicted molar refractivity (Wildman–Crippen MR) is 93.7 cm³/mol. The highest BCUT2D eigenvalue weighted by atomic mass is 16.5. The summed E-state index contributed by atoms with van der Waals surface area (Å²) < 4.78 is 16.4. The molecule has 0 unspecified atom stereocenters. The smallest absolute Gasteiger partial charge is 0.228 e. The zero-order chi connectivity index (χ0) is 17.6. The number of aliphatic hydroxyl groups is 1. The lowest BCUT2D eigenvalue weighted by molar-refractivity contribution is 0.202. The molecule has 1 aromatic carbocycles. The molecule has 0 aliphatic carbocycles. The highest BCUT2D eigenvalue weighted by Crippen LogP contribution is 2.30. The summed E-state index contributed by atoms with van der Waals surface area (Å²) in [6.07, 6.45) is 3.57. The number of anilines is 1. The maximum atomic E-state index is 9.25. The van der Waals surface area contributed by atoms with E-state index in [9.17, 15) is 5.11 Å². The second-order valence-corrected chi connectivity index (χ2v) is 5.96. The van der Waals surface area contributed by atoms with Gasteiger partial charge in [-0.3, -0.25) is 0 Å². The Morgan fingerprint density at radius 3 is 2.32 bits per heavy atom. The quantitative estimate of drug-likeness (QED) is 0.862. The molecule has 134 valence electrons. The molecule has 2 aromatic rings. The van der Waals surface area contributed by atoms with E-state index >= 15 is 0 Å². The predicted octanol–water partition coefficient (Wildman–Crippen LogP) is 2.49. The van der Waals surface area contributed by atoms with Gasteiger partial charge in [-0.1, -0.05) is 0 Å². The number of hydrogen-bond acceptors (Lipinski definition) is 7. The van der Waals surface area contributed by atoms with E-state index in [0.29, 0.717) is 35.0 Å². The van der Waals surface area contributed by atoms with E-state index in [1.165, 1.54) is 0 Å². The summed E-state index contributed by atoms with van der Waals surface area (Å²) in [4.78, 5) is 11.0. The number of hydrogen-bond donors (Lipinski definition) is 1. The van der Waals surface area contributed by atoms with E-state index in [2.05, 4.69) is 14.9 Å². The number of aromatic nitrogens is 2. The number of nitrogens with zero attached hydrogens (tertiary/aromatic N) is 3. The molecule has 0 atom stereocenters. The molecular weight excluding hydrogens is 322 g/mol. The number of benzene rings is 1. The summed E-state index contributed by atoms with van der Waals surface area (Å²) in [5, 5.41) is 9.25. The van der Waals surface area contributed by atoms with Crippen LogP contribution in [0.15, 0.2) is 30.5 Å². The zero-order valence-corrected chi connectivity index (χ0v) is 14.5. The van der Waals surface area contributed by atoms with Crippen LogP contribution in [0, 0.1) is 5.92 Å². The Balaban J connectivity index is 1.74. The minimum Gasteiger partial charge on any atom is -0.496 e. The minimum absolute atomic E-state index is 0.246. The van der Waals surface area contributed by atoms with Gasteiger partial charge < -0.3 is 24.2 Å². The van der Waals surface area contributed by atoms with Crippen molar-refractivity contribution in [3.63, 3.8) is 0 Å². The van der Waals surface area contributed by atoms with Crippen LogP contribution >= 0.6 is 0 Å². The van der Waals surface area contributed by atoms with Crippen molar-refractivity contribution in [1.82, 2.24) is 9.97 Å². The van der Waals surface area contributed by atoms with Crippen LogP contribution in [0.2, 0.25) is 0 Å². The summed E-state index contributed by atoms with van der Waals surface area (Å²) >= 11 is 0. The van der Waals surface area contributed by atoms with Gasteiger partial charge in [-0.05, 0) is 18.8 Å². The molecule has 1 aliphatic rings. The summed E-state index contributed by atoms with van der Waals surface area (Å²) in [7, 11) is 3.19. The second kappa shape index (κ2) is 8.02. The molecule has 1 saturated heterocycles. The van der Waals surface area contributed by atoms with Gasteiger partial charge in [0.25, 0.3) is 0 Å². The first kappa shape index (κ1) is 17.3. The molecule has 0 radical (unpaired) electrons. The largest absolute Gasteiger partial charge is 0.496 e. The normalized spacial score (nSPS) is 15.1. The molecule has 1 N–H and O–H groups in total. The standard InChI is InChI=1S/C18H23N3O4/c1-23-14-9-15(24-2)11-16(10-14)25-17-3-6-19-18(20-17)21-7-4-13(12-22)5-8-21/h3,6,9-11,13,22H,4-5,7-8,12H2,1-2H3. The van der Waals surface area contributed by atoms with Crippen molar-refractivity contribution in [2.75, 3.05) is 38.8 Å². The number of ether oxygens (including phenoxy) is 3. The number of piperidine rings is 1.